The molecule has 0 radical (unpaired) electrons. The second-order valence-corrected chi connectivity index (χ2v) is 6.60. The van der Waals surface area contributed by atoms with Crippen LogP contribution >= 0.6 is 0 Å². The summed E-state index contributed by atoms with van der Waals surface area (Å²) in [5.41, 5.74) is 1.89. The summed E-state index contributed by atoms with van der Waals surface area (Å²) >= 11 is 0. The van der Waals surface area contributed by atoms with E-state index in [1.165, 1.54) is 6.20 Å². The lowest BCUT2D eigenvalue weighted by atomic mass is 10.2. The van der Waals surface area contributed by atoms with E-state index < -0.39 is 0 Å². The van der Waals surface area contributed by atoms with Crippen LogP contribution in [0.5, 0.6) is 11.5 Å². The van der Waals surface area contributed by atoms with Crippen LogP contribution in [0, 0.1) is 0 Å². The van der Waals surface area contributed by atoms with Crippen LogP contribution in [0.1, 0.15) is 31.1 Å². The minimum Gasteiger partial charge on any atom is -0.492 e. The summed E-state index contributed by atoms with van der Waals surface area (Å²) in [6.45, 7) is 6.40. The average Bonchev–Trinajstić information content (AvgIpc) is 2.71. The quantitative estimate of drug-likeness (QED) is 0.548. The number of anilines is 3. The van der Waals surface area contributed by atoms with Gasteiger partial charge < -0.3 is 20.1 Å². The lowest BCUT2D eigenvalue weighted by Gasteiger charge is -2.15. The monoisotopic (exact) mass is 391 g/mol. The third-order valence-electron chi connectivity index (χ3n) is 3.97. The van der Waals surface area contributed by atoms with Gasteiger partial charge in [-0.3, -0.25) is 4.79 Å². The number of pyridine rings is 1. The van der Waals surface area contributed by atoms with E-state index in [9.17, 15) is 4.79 Å². The van der Waals surface area contributed by atoms with E-state index in [4.69, 9.17) is 9.47 Å². The summed E-state index contributed by atoms with van der Waals surface area (Å²) in [7, 11) is 0. The molecule has 1 aromatic heterocycles. The van der Waals surface area contributed by atoms with Crippen LogP contribution in [0.3, 0.4) is 0 Å². The zero-order valence-electron chi connectivity index (χ0n) is 16.8. The molecule has 3 rings (SSSR count). The van der Waals surface area contributed by atoms with Gasteiger partial charge in [-0.2, -0.15) is 0 Å². The molecule has 150 valence electrons. The van der Waals surface area contributed by atoms with Crippen molar-refractivity contribution in [3.63, 3.8) is 0 Å². The van der Waals surface area contributed by atoms with E-state index in [0.717, 1.165) is 11.4 Å². The second-order valence-electron chi connectivity index (χ2n) is 6.60. The van der Waals surface area contributed by atoms with Crippen molar-refractivity contribution in [3.05, 3.63) is 72.4 Å². The summed E-state index contributed by atoms with van der Waals surface area (Å²) in [4.78, 5) is 17.0. The number of amides is 1. The van der Waals surface area contributed by atoms with E-state index >= 15 is 0 Å². The SMILES string of the molecule is CCOc1ccccc1Nc1ccc(C(=O)Nc2ccccc2OC(C)C)cn1. The predicted octanol–water partition coefficient (Wildman–Crippen LogP) is 5.26. The molecule has 2 N–H and O–H groups in total. The number of carbonyl (C=O) groups is 1. The van der Waals surface area contributed by atoms with Gasteiger partial charge >= 0.3 is 0 Å². The molecule has 0 aliphatic heterocycles. The fraction of sp³-hybridized carbons (Fsp3) is 0.217. The van der Waals surface area contributed by atoms with Gasteiger partial charge in [-0.1, -0.05) is 24.3 Å². The molecule has 2 aromatic carbocycles. The maximum atomic E-state index is 12.6. The van der Waals surface area contributed by atoms with Gasteiger partial charge in [0.05, 0.1) is 29.6 Å². The van der Waals surface area contributed by atoms with Crippen LogP contribution in [0.2, 0.25) is 0 Å². The van der Waals surface area contributed by atoms with Crippen LogP contribution in [0.4, 0.5) is 17.2 Å². The Morgan fingerprint density at radius 2 is 1.66 bits per heavy atom. The highest BCUT2D eigenvalue weighted by molar-refractivity contribution is 6.04. The molecule has 6 nitrogen and oxygen atoms in total. The third kappa shape index (κ3) is 5.48. The summed E-state index contributed by atoms with van der Waals surface area (Å²) in [5.74, 6) is 1.76. The van der Waals surface area contributed by atoms with Crippen LogP contribution in [0.25, 0.3) is 0 Å². The molecule has 1 heterocycles. The lowest BCUT2D eigenvalue weighted by molar-refractivity contribution is 0.102. The van der Waals surface area contributed by atoms with Crippen LogP contribution in [0.15, 0.2) is 66.9 Å². The molecule has 0 bridgehead atoms. The standard InChI is InChI=1S/C23H25N3O3/c1-4-28-20-11-7-5-9-18(20)25-22-14-13-17(15-24-22)23(27)26-19-10-6-8-12-21(19)29-16(2)3/h5-16H,4H2,1-3H3,(H,24,25)(H,26,27). The first-order chi connectivity index (χ1) is 14.1. The largest absolute Gasteiger partial charge is 0.492 e. The fourth-order valence-electron chi connectivity index (χ4n) is 2.71. The van der Waals surface area contributed by atoms with Crippen molar-refractivity contribution in [2.45, 2.75) is 26.9 Å². The maximum absolute atomic E-state index is 12.6. The Hall–Kier alpha value is -3.54. The molecule has 0 fully saturated rings. The van der Waals surface area contributed by atoms with E-state index in [1.54, 1.807) is 12.1 Å². The van der Waals surface area contributed by atoms with Crippen molar-refractivity contribution in [2.24, 2.45) is 0 Å². The molecule has 0 aliphatic carbocycles. The number of benzene rings is 2. The van der Waals surface area contributed by atoms with Crippen LogP contribution in [-0.4, -0.2) is 23.6 Å². The lowest BCUT2D eigenvalue weighted by Crippen LogP contribution is -2.14. The van der Waals surface area contributed by atoms with E-state index in [1.807, 2.05) is 69.3 Å². The summed E-state index contributed by atoms with van der Waals surface area (Å²) in [6.07, 6.45) is 1.55. The number of para-hydroxylation sites is 4. The Morgan fingerprint density at radius 3 is 2.31 bits per heavy atom. The molecule has 0 atom stereocenters. The molecular formula is C23H25N3O3. The van der Waals surface area contributed by atoms with Crippen molar-refractivity contribution in [1.29, 1.82) is 0 Å². The zero-order valence-corrected chi connectivity index (χ0v) is 16.8. The summed E-state index contributed by atoms with van der Waals surface area (Å²) in [6, 6.07) is 18.5. The van der Waals surface area contributed by atoms with Gasteiger partial charge in [-0.25, -0.2) is 4.98 Å². The molecular weight excluding hydrogens is 366 g/mol. The van der Waals surface area contributed by atoms with E-state index in [0.29, 0.717) is 29.4 Å². The number of carbonyl (C=O) groups excluding carboxylic acids is 1. The van der Waals surface area contributed by atoms with Gasteiger partial charge in [0.15, 0.2) is 0 Å². The topological polar surface area (TPSA) is 72.5 Å². The van der Waals surface area contributed by atoms with Crippen molar-refractivity contribution < 1.29 is 14.3 Å². The van der Waals surface area contributed by atoms with Crippen molar-refractivity contribution >= 4 is 23.1 Å². The third-order valence-corrected chi connectivity index (χ3v) is 3.97. The van der Waals surface area contributed by atoms with Gasteiger partial charge in [0.25, 0.3) is 5.91 Å². The smallest absolute Gasteiger partial charge is 0.257 e. The molecule has 0 saturated heterocycles. The number of ether oxygens (including phenoxy) is 2. The number of aromatic nitrogens is 1. The highest BCUT2D eigenvalue weighted by Gasteiger charge is 2.12. The van der Waals surface area contributed by atoms with Gasteiger partial charge in [0.2, 0.25) is 0 Å². The predicted molar refractivity (Wildman–Crippen MR) is 115 cm³/mol. The first kappa shape index (κ1) is 20.2. The van der Waals surface area contributed by atoms with Gasteiger partial charge in [0, 0.05) is 6.20 Å². The Balaban J connectivity index is 1.70. The molecule has 0 unspecified atom stereocenters. The average molecular weight is 391 g/mol. The number of nitrogens with one attached hydrogen (secondary N) is 2. The number of hydrogen-bond acceptors (Lipinski definition) is 5. The van der Waals surface area contributed by atoms with Crippen LogP contribution in [-0.2, 0) is 0 Å². The van der Waals surface area contributed by atoms with Crippen molar-refractivity contribution in [1.82, 2.24) is 4.98 Å². The highest BCUT2D eigenvalue weighted by atomic mass is 16.5. The highest BCUT2D eigenvalue weighted by Crippen LogP contribution is 2.27. The number of hydrogen-bond donors (Lipinski definition) is 2. The van der Waals surface area contributed by atoms with Gasteiger partial charge in [-0.05, 0) is 57.2 Å². The Labute approximate surface area is 170 Å². The molecule has 0 aliphatic rings. The maximum Gasteiger partial charge on any atom is 0.257 e. The van der Waals surface area contributed by atoms with Gasteiger partial charge in [0.1, 0.15) is 17.3 Å². The Kier molecular flexibility index (Phi) is 6.68. The minimum absolute atomic E-state index is 0.0136. The minimum atomic E-state index is -0.251. The van der Waals surface area contributed by atoms with E-state index in [-0.39, 0.29) is 12.0 Å². The number of rotatable bonds is 8. The number of nitrogens with zero attached hydrogens (tertiary/aromatic N) is 1. The van der Waals surface area contributed by atoms with E-state index in [2.05, 4.69) is 15.6 Å². The van der Waals surface area contributed by atoms with Gasteiger partial charge in [-0.15, -0.1) is 0 Å². The normalized spacial score (nSPS) is 10.5. The molecule has 3 aromatic rings. The fourth-order valence-corrected chi connectivity index (χ4v) is 2.71. The Bertz CT molecular complexity index is 956. The summed E-state index contributed by atoms with van der Waals surface area (Å²) in [5, 5.41) is 6.10. The molecule has 0 spiro atoms. The first-order valence-electron chi connectivity index (χ1n) is 9.58. The molecule has 6 heteroatoms. The zero-order chi connectivity index (χ0) is 20.6. The Morgan fingerprint density at radius 1 is 0.966 bits per heavy atom. The first-order valence-corrected chi connectivity index (χ1v) is 9.58. The second kappa shape index (κ2) is 9.59. The molecule has 1 amide bonds. The summed E-state index contributed by atoms with van der Waals surface area (Å²) < 4.78 is 11.4. The van der Waals surface area contributed by atoms with Crippen molar-refractivity contribution in [3.8, 4) is 11.5 Å². The van der Waals surface area contributed by atoms with Crippen LogP contribution < -0.4 is 20.1 Å². The molecule has 29 heavy (non-hydrogen) atoms. The molecule has 0 saturated carbocycles. The van der Waals surface area contributed by atoms with Crippen molar-refractivity contribution in [2.75, 3.05) is 17.2 Å².